The van der Waals surface area contributed by atoms with E-state index in [4.69, 9.17) is 5.73 Å². The van der Waals surface area contributed by atoms with E-state index < -0.39 is 0 Å². The standard InChI is InChI=1S/C9H11N5S3/c1-3-6-11-5(10)4-7(12-6)16-9-14-13-8(15-2)17-9/h4H,3H2,1-2H3,(H2,10,11,12). The molecular formula is C9H11N5S3. The minimum Gasteiger partial charge on any atom is -0.384 e. The average molecular weight is 285 g/mol. The van der Waals surface area contributed by atoms with Gasteiger partial charge in [-0.05, 0) is 18.0 Å². The fourth-order valence-electron chi connectivity index (χ4n) is 1.11. The van der Waals surface area contributed by atoms with E-state index in [-0.39, 0.29) is 0 Å². The average Bonchev–Trinajstić information content (AvgIpc) is 2.76. The molecule has 0 aliphatic carbocycles. The van der Waals surface area contributed by atoms with Gasteiger partial charge in [-0.2, -0.15) is 0 Å². The van der Waals surface area contributed by atoms with Crippen LogP contribution in [0.1, 0.15) is 12.7 Å². The Balaban J connectivity index is 2.20. The van der Waals surface area contributed by atoms with E-state index in [0.717, 1.165) is 26.0 Å². The molecule has 90 valence electrons. The maximum Gasteiger partial charge on any atom is 0.181 e. The summed E-state index contributed by atoms with van der Waals surface area (Å²) >= 11 is 4.60. The number of nitrogens with two attached hydrogens (primary N) is 1. The summed E-state index contributed by atoms with van der Waals surface area (Å²) in [5.41, 5.74) is 5.72. The molecule has 2 rings (SSSR count). The highest BCUT2D eigenvalue weighted by Crippen LogP contribution is 2.32. The summed E-state index contributed by atoms with van der Waals surface area (Å²) in [6.45, 7) is 2.00. The Labute approximate surface area is 112 Å². The minimum absolute atomic E-state index is 0.494. The SMILES string of the molecule is CCc1nc(N)cc(Sc2nnc(SC)s2)n1. The monoisotopic (exact) mass is 285 g/mol. The first-order valence-corrected chi connectivity index (χ1v) is 7.75. The lowest BCUT2D eigenvalue weighted by atomic mass is 10.4. The first-order chi connectivity index (χ1) is 8.21. The fourth-order valence-corrected chi connectivity index (χ4v) is 3.53. The molecule has 17 heavy (non-hydrogen) atoms. The van der Waals surface area contributed by atoms with Gasteiger partial charge in [0.2, 0.25) is 0 Å². The van der Waals surface area contributed by atoms with Gasteiger partial charge in [-0.25, -0.2) is 9.97 Å². The van der Waals surface area contributed by atoms with Crippen LogP contribution in [0.5, 0.6) is 0 Å². The van der Waals surface area contributed by atoms with Gasteiger partial charge in [0, 0.05) is 12.5 Å². The first-order valence-electron chi connectivity index (χ1n) is 4.90. The normalized spacial score (nSPS) is 10.7. The molecule has 0 aromatic carbocycles. The zero-order valence-electron chi connectivity index (χ0n) is 9.38. The van der Waals surface area contributed by atoms with Crippen molar-refractivity contribution in [1.82, 2.24) is 20.2 Å². The lowest BCUT2D eigenvalue weighted by Gasteiger charge is -2.01. The van der Waals surface area contributed by atoms with Gasteiger partial charge >= 0.3 is 0 Å². The maximum atomic E-state index is 5.72. The molecular weight excluding hydrogens is 274 g/mol. The van der Waals surface area contributed by atoms with E-state index in [1.807, 2.05) is 13.2 Å². The van der Waals surface area contributed by atoms with Gasteiger partial charge in [-0.1, -0.05) is 30.0 Å². The molecule has 2 heterocycles. The summed E-state index contributed by atoms with van der Waals surface area (Å²) in [6.07, 6.45) is 2.75. The van der Waals surface area contributed by atoms with E-state index in [9.17, 15) is 0 Å². The number of nitrogens with zero attached hydrogens (tertiary/aromatic N) is 4. The molecule has 0 aliphatic heterocycles. The van der Waals surface area contributed by atoms with Crippen molar-refractivity contribution >= 4 is 40.7 Å². The Morgan fingerprint density at radius 2 is 2.06 bits per heavy atom. The summed E-state index contributed by atoms with van der Waals surface area (Å²) in [4.78, 5) is 8.52. The van der Waals surface area contributed by atoms with Gasteiger partial charge in [0.1, 0.15) is 16.7 Å². The quantitative estimate of drug-likeness (QED) is 0.682. The van der Waals surface area contributed by atoms with Crippen LogP contribution >= 0.6 is 34.9 Å². The highest BCUT2D eigenvalue weighted by atomic mass is 32.2. The largest absolute Gasteiger partial charge is 0.384 e. The van der Waals surface area contributed by atoms with E-state index in [2.05, 4.69) is 20.2 Å². The molecule has 2 aromatic rings. The van der Waals surface area contributed by atoms with Crippen molar-refractivity contribution in [3.8, 4) is 0 Å². The van der Waals surface area contributed by atoms with Crippen LogP contribution in [0.15, 0.2) is 19.8 Å². The Hall–Kier alpha value is -0.860. The van der Waals surface area contributed by atoms with Gasteiger partial charge in [-0.15, -0.1) is 10.2 Å². The number of aryl methyl sites for hydroxylation is 1. The van der Waals surface area contributed by atoms with Gasteiger partial charge in [-0.3, -0.25) is 0 Å². The Kier molecular flexibility index (Phi) is 4.19. The van der Waals surface area contributed by atoms with Crippen LogP contribution in [0.4, 0.5) is 5.82 Å². The van der Waals surface area contributed by atoms with Crippen molar-refractivity contribution in [1.29, 1.82) is 0 Å². The molecule has 0 spiro atoms. The van der Waals surface area contributed by atoms with Crippen LogP contribution < -0.4 is 5.73 Å². The third-order valence-corrected chi connectivity index (χ3v) is 4.71. The molecule has 2 N–H and O–H groups in total. The highest BCUT2D eigenvalue weighted by molar-refractivity contribution is 8.02. The van der Waals surface area contributed by atoms with E-state index >= 15 is 0 Å². The fraction of sp³-hybridized carbons (Fsp3) is 0.333. The van der Waals surface area contributed by atoms with Gasteiger partial charge in [0.05, 0.1) is 0 Å². The predicted octanol–water partition coefficient (Wildman–Crippen LogP) is 2.35. The molecule has 0 atom stereocenters. The van der Waals surface area contributed by atoms with E-state index in [1.54, 1.807) is 29.2 Å². The zero-order valence-corrected chi connectivity index (χ0v) is 11.8. The van der Waals surface area contributed by atoms with Crippen molar-refractivity contribution in [2.24, 2.45) is 0 Å². The molecule has 0 radical (unpaired) electrons. The van der Waals surface area contributed by atoms with Crippen LogP contribution in [0.25, 0.3) is 0 Å². The second-order valence-electron chi connectivity index (χ2n) is 3.04. The lowest BCUT2D eigenvalue weighted by molar-refractivity contribution is 0.892. The van der Waals surface area contributed by atoms with Gasteiger partial charge in [0.15, 0.2) is 8.68 Å². The van der Waals surface area contributed by atoms with Crippen molar-refractivity contribution in [2.45, 2.75) is 27.0 Å². The summed E-state index contributed by atoms with van der Waals surface area (Å²) in [7, 11) is 0. The molecule has 0 fully saturated rings. The van der Waals surface area contributed by atoms with Gasteiger partial charge < -0.3 is 5.73 Å². The molecule has 8 heteroatoms. The van der Waals surface area contributed by atoms with Crippen LogP contribution in [-0.4, -0.2) is 26.4 Å². The highest BCUT2D eigenvalue weighted by Gasteiger charge is 2.08. The van der Waals surface area contributed by atoms with E-state index in [1.165, 1.54) is 11.8 Å². The summed E-state index contributed by atoms with van der Waals surface area (Å²) in [5, 5.41) is 8.93. The smallest absolute Gasteiger partial charge is 0.181 e. The lowest BCUT2D eigenvalue weighted by Crippen LogP contribution is -1.99. The van der Waals surface area contributed by atoms with E-state index in [0.29, 0.717) is 5.82 Å². The van der Waals surface area contributed by atoms with Crippen molar-refractivity contribution in [3.63, 3.8) is 0 Å². The molecule has 0 unspecified atom stereocenters. The second-order valence-corrected chi connectivity index (χ2v) is 6.34. The number of hydrogen-bond donors (Lipinski definition) is 1. The number of rotatable bonds is 4. The van der Waals surface area contributed by atoms with Crippen LogP contribution in [0.3, 0.4) is 0 Å². The Morgan fingerprint density at radius 1 is 1.29 bits per heavy atom. The topological polar surface area (TPSA) is 77.6 Å². The predicted molar refractivity (Wildman–Crippen MR) is 71.6 cm³/mol. The van der Waals surface area contributed by atoms with Crippen LogP contribution in [-0.2, 0) is 6.42 Å². The van der Waals surface area contributed by atoms with Crippen molar-refractivity contribution in [2.75, 3.05) is 12.0 Å². The number of anilines is 1. The Morgan fingerprint density at radius 3 is 2.71 bits per heavy atom. The summed E-state index contributed by atoms with van der Waals surface area (Å²) < 4.78 is 1.82. The molecule has 2 aromatic heterocycles. The Bertz CT molecular complexity index is 513. The van der Waals surface area contributed by atoms with Crippen LogP contribution in [0, 0.1) is 0 Å². The van der Waals surface area contributed by atoms with Crippen LogP contribution in [0.2, 0.25) is 0 Å². The number of aromatic nitrogens is 4. The van der Waals surface area contributed by atoms with Crippen molar-refractivity contribution in [3.05, 3.63) is 11.9 Å². The molecule has 0 amide bonds. The molecule has 0 saturated carbocycles. The minimum atomic E-state index is 0.494. The second kappa shape index (κ2) is 5.65. The summed E-state index contributed by atoms with van der Waals surface area (Å²) in [5.74, 6) is 1.25. The third kappa shape index (κ3) is 3.30. The number of nitrogen functional groups attached to an aromatic ring is 1. The number of thioether (sulfide) groups is 1. The zero-order chi connectivity index (χ0) is 12.3. The molecule has 5 nitrogen and oxygen atoms in total. The molecule has 0 saturated heterocycles. The summed E-state index contributed by atoms with van der Waals surface area (Å²) in [6, 6.07) is 1.75. The molecule has 0 bridgehead atoms. The van der Waals surface area contributed by atoms with Crippen molar-refractivity contribution < 1.29 is 0 Å². The van der Waals surface area contributed by atoms with Gasteiger partial charge in [0.25, 0.3) is 0 Å². The maximum absolute atomic E-state index is 5.72. The first kappa shape index (κ1) is 12.6. The third-order valence-electron chi connectivity index (χ3n) is 1.84. The number of hydrogen-bond acceptors (Lipinski definition) is 8. The molecule has 0 aliphatic rings.